The highest BCUT2D eigenvalue weighted by Gasteiger charge is 2.52. The van der Waals surface area contributed by atoms with E-state index >= 15 is 0 Å². The lowest BCUT2D eigenvalue weighted by molar-refractivity contribution is -0.144. The molecular formula is C33H55N5O7S. The van der Waals surface area contributed by atoms with E-state index in [9.17, 15) is 32.4 Å². The first-order valence-corrected chi connectivity index (χ1v) is 18.2. The number of Topliss-reactive ketones (excluding diaryl/α,β-unsaturated/α-hetero) is 1. The van der Waals surface area contributed by atoms with Crippen LogP contribution in [-0.2, 0) is 29.0 Å². The van der Waals surface area contributed by atoms with E-state index in [2.05, 4.69) is 27.8 Å². The highest BCUT2D eigenvalue weighted by Crippen LogP contribution is 2.43. The molecule has 0 aromatic carbocycles. The smallest absolute Gasteiger partial charge is 0.315 e. The van der Waals surface area contributed by atoms with Crippen LogP contribution < -0.4 is 21.3 Å². The van der Waals surface area contributed by atoms with Crippen molar-refractivity contribution in [2.75, 3.05) is 18.8 Å². The molecule has 1 heterocycles. The second-order valence-electron chi connectivity index (χ2n) is 15.5. The Labute approximate surface area is 274 Å². The molecule has 13 heteroatoms. The minimum Gasteiger partial charge on any atom is -0.346 e. The molecule has 3 rings (SSSR count). The van der Waals surface area contributed by atoms with Gasteiger partial charge in [-0.25, -0.2) is 13.2 Å². The number of rotatable bonds is 11. The number of sulfone groups is 1. The first-order chi connectivity index (χ1) is 21.2. The van der Waals surface area contributed by atoms with E-state index in [4.69, 9.17) is 0 Å². The number of amides is 5. The maximum Gasteiger partial charge on any atom is 0.315 e. The second kappa shape index (κ2) is 14.4. The molecule has 12 nitrogen and oxygen atoms in total. The zero-order valence-corrected chi connectivity index (χ0v) is 29.5. The minimum absolute atomic E-state index is 0.101. The van der Waals surface area contributed by atoms with Gasteiger partial charge in [0.25, 0.3) is 5.91 Å². The number of hydrogen-bond donors (Lipinski definition) is 4. The molecule has 1 saturated heterocycles. The third-order valence-electron chi connectivity index (χ3n) is 9.80. The summed E-state index contributed by atoms with van der Waals surface area (Å²) in [4.78, 5) is 68.0. The van der Waals surface area contributed by atoms with Crippen LogP contribution in [0.3, 0.4) is 0 Å². The zero-order chi connectivity index (χ0) is 34.7. The van der Waals surface area contributed by atoms with Gasteiger partial charge in [-0.15, -0.1) is 6.58 Å². The Hall–Kier alpha value is -2.96. The summed E-state index contributed by atoms with van der Waals surface area (Å²) < 4.78 is 25.5. The van der Waals surface area contributed by atoms with Crippen LogP contribution in [0.5, 0.6) is 0 Å². The lowest BCUT2D eigenvalue weighted by Gasteiger charge is -2.41. The van der Waals surface area contributed by atoms with Crippen molar-refractivity contribution in [3.63, 3.8) is 0 Å². The van der Waals surface area contributed by atoms with Crippen molar-refractivity contribution in [1.29, 1.82) is 0 Å². The first kappa shape index (κ1) is 37.5. The molecule has 0 spiro atoms. The highest BCUT2D eigenvalue weighted by molar-refractivity contribution is 7.92. The fourth-order valence-corrected chi connectivity index (χ4v) is 8.54. The maximum atomic E-state index is 14.3. The summed E-state index contributed by atoms with van der Waals surface area (Å²) in [6, 6.07) is -3.61. The molecule has 2 saturated carbocycles. The van der Waals surface area contributed by atoms with Crippen LogP contribution in [-0.4, -0.2) is 90.1 Å². The molecule has 3 aliphatic rings. The van der Waals surface area contributed by atoms with Crippen molar-refractivity contribution < 1.29 is 32.4 Å². The van der Waals surface area contributed by atoms with Gasteiger partial charge in [-0.2, -0.15) is 0 Å². The molecule has 46 heavy (non-hydrogen) atoms. The fourth-order valence-electron chi connectivity index (χ4n) is 7.02. The van der Waals surface area contributed by atoms with E-state index in [1.54, 1.807) is 20.8 Å². The van der Waals surface area contributed by atoms with Gasteiger partial charge < -0.3 is 26.2 Å². The van der Waals surface area contributed by atoms with Crippen LogP contribution >= 0.6 is 0 Å². The van der Waals surface area contributed by atoms with Crippen LogP contribution in [0.25, 0.3) is 0 Å². The Morgan fingerprint density at radius 1 is 0.957 bits per heavy atom. The molecule has 1 aliphatic heterocycles. The number of nitrogens with zero attached hydrogens (tertiary/aromatic N) is 1. The standard InChI is InChI=1S/C33H55N5O7S/c1-9-18-34-28(41)25(39)21(2)35-27(40)24-23-15-13-14-22(23)19-38(24)29(42)26(31(3,4)5)36-30(43)37-33(16-11-10-12-17-33)20-46(44,45)32(6,7)8/h9,21-24,26H,1,10-20H2,2-8H3,(H,34,41)(H,35,40)(H2,36,37,43)/t21?,22-,23-,24-,26+/m0/s1. The number of fused-ring (bicyclic) bond motifs is 1. The molecule has 3 fully saturated rings. The van der Waals surface area contributed by atoms with Gasteiger partial charge in [0, 0.05) is 13.1 Å². The summed E-state index contributed by atoms with van der Waals surface area (Å²) in [5.41, 5.74) is -1.70. The molecule has 0 bridgehead atoms. The summed E-state index contributed by atoms with van der Waals surface area (Å²) in [7, 11) is -3.56. The van der Waals surface area contributed by atoms with Crippen LogP contribution in [0.1, 0.15) is 99.8 Å². The van der Waals surface area contributed by atoms with Crippen LogP contribution in [0.4, 0.5) is 4.79 Å². The monoisotopic (exact) mass is 665 g/mol. The summed E-state index contributed by atoms with van der Waals surface area (Å²) >= 11 is 0. The lowest BCUT2D eigenvalue weighted by Crippen LogP contribution is -2.63. The first-order valence-electron chi connectivity index (χ1n) is 16.6. The van der Waals surface area contributed by atoms with Crippen LogP contribution in [0.15, 0.2) is 12.7 Å². The third-order valence-corrected chi connectivity index (χ3v) is 12.6. The summed E-state index contributed by atoms with van der Waals surface area (Å²) in [5, 5.41) is 10.9. The SMILES string of the molecule is C=CCNC(=O)C(=O)C(C)NC(=O)[C@@H]1[C@H]2CCC[C@H]2CN1C(=O)[C@@H](NC(=O)NC1(CS(=O)(=O)C(C)(C)C)CCCCC1)C(C)(C)C. The molecule has 4 N–H and O–H groups in total. The third kappa shape index (κ3) is 8.68. The molecule has 260 valence electrons. The van der Waals surface area contributed by atoms with Gasteiger partial charge in [0.2, 0.25) is 17.6 Å². The Morgan fingerprint density at radius 2 is 1.59 bits per heavy atom. The normalized spacial score (nSPS) is 24.2. The van der Waals surface area contributed by atoms with Crippen molar-refractivity contribution >= 4 is 39.4 Å². The van der Waals surface area contributed by atoms with Crippen molar-refractivity contribution in [3.05, 3.63) is 12.7 Å². The van der Waals surface area contributed by atoms with Crippen molar-refractivity contribution in [2.24, 2.45) is 17.3 Å². The average molecular weight is 666 g/mol. The predicted octanol–water partition coefficient (Wildman–Crippen LogP) is 2.62. The second-order valence-corrected chi connectivity index (χ2v) is 18.2. The Bertz CT molecular complexity index is 1290. The van der Waals surface area contributed by atoms with E-state index in [0.29, 0.717) is 19.4 Å². The van der Waals surface area contributed by atoms with Gasteiger partial charge in [-0.3, -0.25) is 19.2 Å². The topological polar surface area (TPSA) is 171 Å². The van der Waals surface area contributed by atoms with Gasteiger partial charge in [0.05, 0.1) is 22.1 Å². The van der Waals surface area contributed by atoms with Gasteiger partial charge in [-0.1, -0.05) is 52.5 Å². The molecular weight excluding hydrogens is 610 g/mol. The fraction of sp³-hybridized carbons (Fsp3) is 0.788. The van der Waals surface area contributed by atoms with E-state index < -0.39 is 73.2 Å². The molecule has 0 radical (unpaired) electrons. The van der Waals surface area contributed by atoms with E-state index in [0.717, 1.165) is 38.5 Å². The Morgan fingerprint density at radius 3 is 2.15 bits per heavy atom. The molecule has 0 aromatic rings. The van der Waals surface area contributed by atoms with Crippen molar-refractivity contribution in [2.45, 2.75) is 128 Å². The number of likely N-dealkylation sites (tertiary alicyclic amines) is 1. The predicted molar refractivity (Wildman–Crippen MR) is 176 cm³/mol. The zero-order valence-electron chi connectivity index (χ0n) is 28.7. The molecule has 5 amide bonds. The van der Waals surface area contributed by atoms with E-state index in [1.807, 2.05) is 20.8 Å². The molecule has 5 atom stereocenters. The van der Waals surface area contributed by atoms with Crippen molar-refractivity contribution in [3.8, 4) is 0 Å². The minimum atomic E-state index is -3.56. The van der Waals surface area contributed by atoms with Crippen LogP contribution in [0, 0.1) is 17.3 Å². The molecule has 0 aromatic heterocycles. The Balaban J connectivity index is 1.82. The van der Waals surface area contributed by atoms with E-state index in [1.165, 1.54) is 17.9 Å². The van der Waals surface area contributed by atoms with Crippen LogP contribution in [0.2, 0.25) is 0 Å². The number of carbonyl (C=O) groups is 5. The number of nitrogens with one attached hydrogen (secondary N) is 4. The van der Waals surface area contributed by atoms with E-state index in [-0.39, 0.29) is 24.1 Å². The maximum absolute atomic E-state index is 14.3. The number of ketones is 1. The number of carbonyl (C=O) groups excluding carboxylic acids is 5. The highest BCUT2D eigenvalue weighted by atomic mass is 32.2. The molecule has 2 aliphatic carbocycles. The van der Waals surface area contributed by atoms with Gasteiger partial charge in [-0.05, 0) is 70.6 Å². The molecule has 1 unspecified atom stereocenters. The summed E-state index contributed by atoms with van der Waals surface area (Å²) in [6.45, 7) is 15.8. The van der Waals surface area contributed by atoms with Gasteiger partial charge >= 0.3 is 6.03 Å². The number of hydrogen-bond acceptors (Lipinski definition) is 7. The van der Waals surface area contributed by atoms with Gasteiger partial charge in [0.1, 0.15) is 12.1 Å². The summed E-state index contributed by atoms with van der Waals surface area (Å²) in [5.74, 6) is -2.76. The summed E-state index contributed by atoms with van der Waals surface area (Å²) in [6.07, 6.45) is 7.52. The van der Waals surface area contributed by atoms with Gasteiger partial charge in [0.15, 0.2) is 9.84 Å². The van der Waals surface area contributed by atoms with Crippen molar-refractivity contribution in [1.82, 2.24) is 26.2 Å². The lowest BCUT2D eigenvalue weighted by atomic mass is 9.83. The average Bonchev–Trinajstić information content (AvgIpc) is 3.54. The quantitative estimate of drug-likeness (QED) is 0.194. The number of urea groups is 1. The largest absolute Gasteiger partial charge is 0.346 e. The Kier molecular flexibility index (Phi) is 11.8.